The minimum absolute atomic E-state index is 0.0121. The third-order valence-electron chi connectivity index (χ3n) is 2.80. The zero-order valence-corrected chi connectivity index (χ0v) is 13.9. The minimum atomic E-state index is -3.82. The molecule has 114 valence electrons. The smallest absolute Gasteiger partial charge is 0.246 e. The SMILES string of the molecule is CCN(C(C)COC)S(=O)(=O)c1c(Cl)cc(N)cc1Cl. The first kappa shape index (κ1) is 17.5. The number of likely N-dealkylation sites (N-methyl/N-ethyl adjacent to an activating group) is 1. The van der Waals surface area contributed by atoms with Gasteiger partial charge in [0.2, 0.25) is 10.0 Å². The van der Waals surface area contributed by atoms with E-state index in [2.05, 4.69) is 0 Å². The Morgan fingerprint density at radius 2 is 1.85 bits per heavy atom. The lowest BCUT2D eigenvalue weighted by atomic mass is 10.3. The van der Waals surface area contributed by atoms with E-state index in [-0.39, 0.29) is 34.1 Å². The molecule has 1 rings (SSSR count). The maximum Gasteiger partial charge on any atom is 0.246 e. The normalized spacial score (nSPS) is 13.7. The van der Waals surface area contributed by atoms with Gasteiger partial charge in [-0.05, 0) is 19.1 Å². The van der Waals surface area contributed by atoms with Crippen molar-refractivity contribution in [2.24, 2.45) is 0 Å². The zero-order valence-electron chi connectivity index (χ0n) is 11.6. The third kappa shape index (κ3) is 3.56. The summed E-state index contributed by atoms with van der Waals surface area (Å²) in [6.45, 7) is 4.05. The van der Waals surface area contributed by atoms with Gasteiger partial charge in [0.25, 0.3) is 0 Å². The molecule has 0 radical (unpaired) electrons. The molecule has 0 aliphatic carbocycles. The zero-order chi connectivity index (χ0) is 15.5. The molecule has 0 spiro atoms. The number of nitrogens with two attached hydrogens (primary N) is 1. The van der Waals surface area contributed by atoms with Gasteiger partial charge in [-0.15, -0.1) is 0 Å². The van der Waals surface area contributed by atoms with Crippen LogP contribution in [-0.4, -0.2) is 39.0 Å². The van der Waals surface area contributed by atoms with Crippen molar-refractivity contribution in [2.45, 2.75) is 24.8 Å². The molecule has 0 saturated heterocycles. The van der Waals surface area contributed by atoms with Gasteiger partial charge < -0.3 is 10.5 Å². The predicted octanol–water partition coefficient (Wildman–Crippen LogP) is 2.62. The van der Waals surface area contributed by atoms with Crippen LogP contribution in [0.3, 0.4) is 0 Å². The molecule has 0 aliphatic heterocycles. The molecule has 1 aromatic rings. The highest BCUT2D eigenvalue weighted by Gasteiger charge is 2.31. The third-order valence-corrected chi connectivity index (χ3v) is 5.81. The van der Waals surface area contributed by atoms with Crippen molar-refractivity contribution in [3.05, 3.63) is 22.2 Å². The Bertz CT molecular complexity index is 555. The van der Waals surface area contributed by atoms with Crippen molar-refractivity contribution < 1.29 is 13.2 Å². The largest absolute Gasteiger partial charge is 0.399 e. The number of methoxy groups -OCH3 is 1. The molecule has 0 aromatic heterocycles. The standard InChI is InChI=1S/C12H18Cl2N2O3S/c1-4-16(8(2)7-19-3)20(17,18)12-10(13)5-9(15)6-11(12)14/h5-6,8H,4,7,15H2,1-3H3. The first-order valence-corrected chi connectivity index (χ1v) is 8.20. The lowest BCUT2D eigenvalue weighted by Gasteiger charge is -2.27. The summed E-state index contributed by atoms with van der Waals surface area (Å²) in [6.07, 6.45) is 0. The van der Waals surface area contributed by atoms with Crippen LogP contribution in [-0.2, 0) is 14.8 Å². The number of anilines is 1. The second-order valence-corrected chi connectivity index (χ2v) is 6.97. The van der Waals surface area contributed by atoms with E-state index in [1.54, 1.807) is 13.8 Å². The molecular formula is C12H18Cl2N2O3S. The number of sulfonamides is 1. The summed E-state index contributed by atoms with van der Waals surface area (Å²) in [4.78, 5) is -0.125. The van der Waals surface area contributed by atoms with E-state index in [4.69, 9.17) is 33.7 Å². The number of rotatable bonds is 6. The van der Waals surface area contributed by atoms with Crippen LogP contribution in [0.5, 0.6) is 0 Å². The van der Waals surface area contributed by atoms with Gasteiger partial charge in [-0.25, -0.2) is 8.42 Å². The summed E-state index contributed by atoms with van der Waals surface area (Å²) in [5.41, 5.74) is 5.90. The summed E-state index contributed by atoms with van der Waals surface area (Å²) in [7, 11) is -2.30. The van der Waals surface area contributed by atoms with Crippen LogP contribution < -0.4 is 5.73 Å². The predicted molar refractivity (Wildman–Crippen MR) is 81.8 cm³/mol. The van der Waals surface area contributed by atoms with E-state index >= 15 is 0 Å². The Hall–Kier alpha value is -0.530. The molecule has 0 bridgehead atoms. The molecule has 8 heteroatoms. The molecule has 20 heavy (non-hydrogen) atoms. The Labute approximate surface area is 129 Å². The van der Waals surface area contributed by atoms with Crippen LogP contribution in [0.15, 0.2) is 17.0 Å². The molecule has 0 saturated carbocycles. The van der Waals surface area contributed by atoms with Crippen molar-refractivity contribution in [3.8, 4) is 0 Å². The van der Waals surface area contributed by atoms with Gasteiger partial charge in [-0.1, -0.05) is 30.1 Å². The Morgan fingerprint density at radius 1 is 1.35 bits per heavy atom. The van der Waals surface area contributed by atoms with E-state index in [9.17, 15) is 8.42 Å². The molecule has 2 N–H and O–H groups in total. The van der Waals surface area contributed by atoms with Crippen LogP contribution in [0, 0.1) is 0 Å². The minimum Gasteiger partial charge on any atom is -0.399 e. The molecule has 1 unspecified atom stereocenters. The highest BCUT2D eigenvalue weighted by atomic mass is 35.5. The molecule has 1 atom stereocenters. The Balaban J connectivity index is 3.35. The maximum atomic E-state index is 12.7. The topological polar surface area (TPSA) is 72.6 Å². The van der Waals surface area contributed by atoms with E-state index in [1.807, 2.05) is 0 Å². The fourth-order valence-corrected chi connectivity index (χ4v) is 4.79. The molecular weight excluding hydrogens is 323 g/mol. The second kappa shape index (κ2) is 6.95. The van der Waals surface area contributed by atoms with Gasteiger partial charge in [-0.2, -0.15) is 4.31 Å². The van der Waals surface area contributed by atoms with Crippen LogP contribution in [0.1, 0.15) is 13.8 Å². The number of hydrogen-bond acceptors (Lipinski definition) is 4. The van der Waals surface area contributed by atoms with Gasteiger partial charge in [0, 0.05) is 25.4 Å². The first-order valence-electron chi connectivity index (χ1n) is 6.01. The van der Waals surface area contributed by atoms with Crippen molar-refractivity contribution in [2.75, 3.05) is 26.0 Å². The summed E-state index contributed by atoms with van der Waals surface area (Å²) < 4.78 is 31.7. The van der Waals surface area contributed by atoms with Gasteiger partial charge in [0.15, 0.2) is 0 Å². The van der Waals surface area contributed by atoms with E-state index in [0.717, 1.165) is 0 Å². The van der Waals surface area contributed by atoms with E-state index in [1.165, 1.54) is 23.5 Å². The average molecular weight is 341 g/mol. The molecule has 5 nitrogen and oxygen atoms in total. The molecule has 1 aromatic carbocycles. The van der Waals surface area contributed by atoms with Crippen LogP contribution in [0.2, 0.25) is 10.0 Å². The highest BCUT2D eigenvalue weighted by molar-refractivity contribution is 7.89. The summed E-state index contributed by atoms with van der Waals surface area (Å²) in [5.74, 6) is 0. The van der Waals surface area contributed by atoms with Crippen molar-refractivity contribution in [1.29, 1.82) is 0 Å². The van der Waals surface area contributed by atoms with Crippen molar-refractivity contribution in [1.82, 2.24) is 4.31 Å². The monoisotopic (exact) mass is 340 g/mol. The molecule has 0 aliphatic rings. The number of benzene rings is 1. The highest BCUT2D eigenvalue weighted by Crippen LogP contribution is 2.34. The fraction of sp³-hybridized carbons (Fsp3) is 0.500. The number of ether oxygens (including phenoxy) is 1. The Morgan fingerprint density at radius 3 is 2.25 bits per heavy atom. The first-order chi connectivity index (χ1) is 9.25. The van der Waals surface area contributed by atoms with Gasteiger partial charge in [-0.3, -0.25) is 0 Å². The summed E-state index contributed by atoms with van der Waals surface area (Å²) in [5, 5.41) is 0.0242. The number of nitrogens with zero attached hydrogens (tertiary/aromatic N) is 1. The van der Waals surface area contributed by atoms with Crippen LogP contribution in [0.25, 0.3) is 0 Å². The van der Waals surface area contributed by atoms with Crippen LogP contribution in [0.4, 0.5) is 5.69 Å². The maximum absolute atomic E-state index is 12.7. The molecule has 0 heterocycles. The number of nitrogen functional groups attached to an aromatic ring is 1. The van der Waals surface area contributed by atoms with Crippen LogP contribution >= 0.6 is 23.2 Å². The quantitative estimate of drug-likeness (QED) is 0.808. The number of hydrogen-bond donors (Lipinski definition) is 1. The number of halogens is 2. The molecule has 0 fully saturated rings. The Kier molecular flexibility index (Phi) is 6.09. The summed E-state index contributed by atoms with van der Waals surface area (Å²) in [6, 6.07) is 2.41. The van der Waals surface area contributed by atoms with Gasteiger partial charge >= 0.3 is 0 Å². The van der Waals surface area contributed by atoms with E-state index < -0.39 is 10.0 Å². The summed E-state index contributed by atoms with van der Waals surface area (Å²) >= 11 is 12.0. The lowest BCUT2D eigenvalue weighted by molar-refractivity contribution is 0.142. The average Bonchev–Trinajstić information content (AvgIpc) is 2.27. The van der Waals surface area contributed by atoms with Gasteiger partial charge in [0.1, 0.15) is 4.90 Å². The van der Waals surface area contributed by atoms with Gasteiger partial charge in [0.05, 0.1) is 16.7 Å². The molecule has 0 amide bonds. The van der Waals surface area contributed by atoms with E-state index in [0.29, 0.717) is 5.69 Å². The van der Waals surface area contributed by atoms with Crippen molar-refractivity contribution in [3.63, 3.8) is 0 Å². The second-order valence-electron chi connectivity index (χ2n) is 4.33. The lowest BCUT2D eigenvalue weighted by Crippen LogP contribution is -2.41. The van der Waals surface area contributed by atoms with Crippen molar-refractivity contribution >= 4 is 38.9 Å². The fourth-order valence-electron chi connectivity index (χ4n) is 1.99.